The number of nitrogens with zero attached hydrogens (tertiary/aromatic N) is 4. The number of carbonyl (C=O) groups is 1. The second-order valence-electron chi connectivity index (χ2n) is 8.51. The zero-order valence-corrected chi connectivity index (χ0v) is 17.1. The molecule has 2 aliphatic rings. The molecule has 0 saturated carbocycles. The van der Waals surface area contributed by atoms with Gasteiger partial charge in [-0.3, -0.25) is 9.78 Å². The van der Waals surface area contributed by atoms with Gasteiger partial charge in [0, 0.05) is 49.1 Å². The van der Waals surface area contributed by atoms with E-state index in [9.17, 15) is 18.0 Å². The Morgan fingerprint density at radius 2 is 2.00 bits per heavy atom. The third-order valence-corrected chi connectivity index (χ3v) is 6.10. The molecule has 1 amide bonds. The van der Waals surface area contributed by atoms with Crippen molar-refractivity contribution in [1.82, 2.24) is 19.7 Å². The quantitative estimate of drug-likeness (QED) is 0.805. The van der Waals surface area contributed by atoms with E-state index in [-0.39, 0.29) is 30.2 Å². The molecule has 0 bridgehead atoms. The Balaban J connectivity index is 1.57. The van der Waals surface area contributed by atoms with Crippen LogP contribution < -0.4 is 5.32 Å². The molecule has 1 fully saturated rings. The molecule has 2 aliphatic heterocycles. The molecule has 2 aromatic rings. The van der Waals surface area contributed by atoms with Crippen molar-refractivity contribution in [3.8, 4) is 0 Å². The third-order valence-electron chi connectivity index (χ3n) is 6.10. The summed E-state index contributed by atoms with van der Waals surface area (Å²) < 4.78 is 42.2. The number of nitrogens with one attached hydrogen (secondary N) is 1. The summed E-state index contributed by atoms with van der Waals surface area (Å²) in [6.45, 7) is 4.91. The first kappa shape index (κ1) is 20.7. The van der Waals surface area contributed by atoms with Gasteiger partial charge in [-0.1, -0.05) is 13.8 Å². The maximum absolute atomic E-state index is 13.7. The van der Waals surface area contributed by atoms with Crippen molar-refractivity contribution in [2.75, 3.05) is 18.4 Å². The molecule has 3 atom stereocenters. The van der Waals surface area contributed by atoms with Gasteiger partial charge in [-0.05, 0) is 37.3 Å². The van der Waals surface area contributed by atoms with E-state index in [4.69, 9.17) is 0 Å². The number of hydrogen-bond donors (Lipinski definition) is 1. The molecule has 0 spiro atoms. The normalized spacial score (nSPS) is 24.5. The fourth-order valence-electron chi connectivity index (χ4n) is 4.34. The van der Waals surface area contributed by atoms with Crippen molar-refractivity contribution >= 4 is 11.7 Å². The van der Waals surface area contributed by atoms with Gasteiger partial charge in [0.1, 0.15) is 5.82 Å². The minimum Gasteiger partial charge on any atom is -0.367 e. The van der Waals surface area contributed by atoms with Crippen LogP contribution in [0.25, 0.3) is 0 Å². The molecule has 0 aromatic carbocycles. The predicted octanol–water partition coefficient (Wildman–Crippen LogP) is 4.24. The molecule has 0 radical (unpaired) electrons. The van der Waals surface area contributed by atoms with E-state index in [1.54, 1.807) is 35.5 Å². The van der Waals surface area contributed by atoms with Crippen molar-refractivity contribution in [1.29, 1.82) is 0 Å². The number of halogens is 3. The van der Waals surface area contributed by atoms with Crippen molar-refractivity contribution < 1.29 is 18.0 Å². The van der Waals surface area contributed by atoms with Gasteiger partial charge in [0.05, 0.1) is 5.69 Å². The fourth-order valence-corrected chi connectivity index (χ4v) is 4.34. The summed E-state index contributed by atoms with van der Waals surface area (Å²) in [6, 6.07) is 3.19. The molecule has 162 valence electrons. The van der Waals surface area contributed by atoms with Gasteiger partial charge in [-0.2, -0.15) is 18.3 Å². The van der Waals surface area contributed by atoms with Crippen molar-refractivity contribution in [3.63, 3.8) is 0 Å². The number of alkyl halides is 3. The van der Waals surface area contributed by atoms with Crippen LogP contribution in [0.3, 0.4) is 0 Å². The average Bonchev–Trinajstić information content (AvgIpc) is 3.16. The summed E-state index contributed by atoms with van der Waals surface area (Å²) in [5, 5.41) is 7.60. The van der Waals surface area contributed by atoms with Crippen LogP contribution in [0, 0.1) is 5.92 Å². The van der Waals surface area contributed by atoms with E-state index in [0.717, 1.165) is 17.5 Å². The molecule has 4 rings (SSSR count). The maximum atomic E-state index is 13.7. The Bertz CT molecular complexity index is 896. The average molecular weight is 421 g/mol. The van der Waals surface area contributed by atoms with E-state index in [0.29, 0.717) is 30.2 Å². The summed E-state index contributed by atoms with van der Waals surface area (Å²) in [5.41, 5.74) is 1.18. The van der Waals surface area contributed by atoms with E-state index in [1.165, 1.54) is 0 Å². The van der Waals surface area contributed by atoms with E-state index >= 15 is 0 Å². The minimum atomic E-state index is -4.36. The van der Waals surface area contributed by atoms with Gasteiger partial charge >= 0.3 is 6.18 Å². The number of piperidine rings is 1. The maximum Gasteiger partial charge on any atom is 0.410 e. The highest BCUT2D eigenvalue weighted by molar-refractivity contribution is 5.94. The van der Waals surface area contributed by atoms with Gasteiger partial charge in [0.25, 0.3) is 5.91 Å². The highest BCUT2D eigenvalue weighted by Gasteiger charge is 2.47. The number of carbonyl (C=O) groups excluding carboxylic acids is 1. The predicted molar refractivity (Wildman–Crippen MR) is 106 cm³/mol. The lowest BCUT2D eigenvalue weighted by molar-refractivity contribution is -0.174. The second kappa shape index (κ2) is 7.92. The summed E-state index contributed by atoms with van der Waals surface area (Å²) in [4.78, 5) is 18.5. The zero-order valence-electron chi connectivity index (χ0n) is 17.1. The molecule has 0 aliphatic carbocycles. The lowest BCUT2D eigenvalue weighted by atomic mass is 9.93. The van der Waals surface area contributed by atoms with Gasteiger partial charge in [0.15, 0.2) is 6.04 Å². The lowest BCUT2D eigenvalue weighted by Gasteiger charge is -2.35. The smallest absolute Gasteiger partial charge is 0.367 e. The number of pyridine rings is 1. The molecular formula is C21H26F3N5O. The summed E-state index contributed by atoms with van der Waals surface area (Å²) in [5.74, 6) is 0.313. The van der Waals surface area contributed by atoms with Gasteiger partial charge in [0.2, 0.25) is 0 Å². The van der Waals surface area contributed by atoms with Crippen LogP contribution in [0.4, 0.5) is 19.0 Å². The Morgan fingerprint density at radius 3 is 2.67 bits per heavy atom. The number of anilines is 1. The highest BCUT2D eigenvalue weighted by atomic mass is 19.4. The first-order chi connectivity index (χ1) is 14.2. The van der Waals surface area contributed by atoms with E-state index < -0.39 is 12.2 Å². The molecular weight excluding hydrogens is 395 g/mol. The number of fused-ring (bicyclic) bond motifs is 1. The Kier molecular flexibility index (Phi) is 5.46. The standard InChI is InChI=1S/C21H26F3N5O/c1-13(2)16-10-18(21(22,23)24)29-19(26-16)11-17(27-29)15-4-3-9-28(12-15)20(30)14-5-7-25-8-6-14/h5-8,11,13,15-16,18,26H,3-4,9-10,12H2,1-2H3. The number of aromatic nitrogens is 3. The highest BCUT2D eigenvalue weighted by Crippen LogP contribution is 2.42. The van der Waals surface area contributed by atoms with Gasteiger partial charge in [-0.15, -0.1) is 0 Å². The van der Waals surface area contributed by atoms with E-state index in [2.05, 4.69) is 15.4 Å². The monoisotopic (exact) mass is 421 g/mol. The number of rotatable bonds is 3. The van der Waals surface area contributed by atoms with Gasteiger partial charge < -0.3 is 10.2 Å². The Morgan fingerprint density at radius 1 is 1.27 bits per heavy atom. The minimum absolute atomic E-state index is 0.0351. The van der Waals surface area contributed by atoms with Crippen molar-refractivity contribution in [2.45, 2.75) is 57.3 Å². The number of likely N-dealkylation sites (tertiary alicyclic amines) is 1. The summed E-state index contributed by atoms with van der Waals surface area (Å²) >= 11 is 0. The van der Waals surface area contributed by atoms with Crippen LogP contribution >= 0.6 is 0 Å². The van der Waals surface area contributed by atoms with Crippen molar-refractivity contribution in [2.24, 2.45) is 5.92 Å². The fraction of sp³-hybridized carbons (Fsp3) is 0.571. The number of amides is 1. The Hall–Kier alpha value is -2.58. The van der Waals surface area contributed by atoms with E-state index in [1.807, 2.05) is 13.8 Å². The molecule has 30 heavy (non-hydrogen) atoms. The SMILES string of the molecule is CC(C)C1CC(C(F)(F)F)n2nc(C3CCCN(C(=O)c4ccncc4)C3)cc2N1. The molecule has 9 heteroatoms. The second-order valence-corrected chi connectivity index (χ2v) is 8.51. The Labute approximate surface area is 173 Å². The molecule has 2 aromatic heterocycles. The summed E-state index contributed by atoms with van der Waals surface area (Å²) in [7, 11) is 0. The van der Waals surface area contributed by atoms with Crippen molar-refractivity contribution in [3.05, 3.63) is 41.9 Å². The van der Waals surface area contributed by atoms with Crippen LogP contribution in [0.2, 0.25) is 0 Å². The van der Waals surface area contributed by atoms with Crippen LogP contribution in [-0.4, -0.2) is 50.9 Å². The van der Waals surface area contributed by atoms with Crippen LogP contribution in [0.1, 0.15) is 61.1 Å². The van der Waals surface area contributed by atoms with Crippen LogP contribution in [0.15, 0.2) is 30.6 Å². The third kappa shape index (κ3) is 4.02. The largest absolute Gasteiger partial charge is 0.410 e. The van der Waals surface area contributed by atoms with Crippen LogP contribution in [-0.2, 0) is 0 Å². The zero-order chi connectivity index (χ0) is 21.5. The number of hydrogen-bond acceptors (Lipinski definition) is 4. The molecule has 6 nitrogen and oxygen atoms in total. The van der Waals surface area contributed by atoms with Crippen LogP contribution in [0.5, 0.6) is 0 Å². The van der Waals surface area contributed by atoms with Gasteiger partial charge in [-0.25, -0.2) is 4.68 Å². The molecule has 4 heterocycles. The topological polar surface area (TPSA) is 63.1 Å². The molecule has 1 N–H and O–H groups in total. The summed E-state index contributed by atoms with van der Waals surface area (Å²) in [6.07, 6.45) is 0.337. The molecule has 1 saturated heterocycles. The first-order valence-electron chi connectivity index (χ1n) is 10.4. The lowest BCUT2D eigenvalue weighted by Crippen LogP contribution is -2.41. The molecule has 3 unspecified atom stereocenters. The first-order valence-corrected chi connectivity index (χ1v) is 10.4.